The number of rotatable bonds is 5. The van der Waals surface area contributed by atoms with E-state index in [0.29, 0.717) is 11.4 Å². The third-order valence-corrected chi connectivity index (χ3v) is 4.59. The molecule has 0 unspecified atom stereocenters. The Hall–Kier alpha value is -4.33. The molecule has 4 aromatic rings. The maximum absolute atomic E-state index is 11.6. The molecule has 0 saturated heterocycles. The van der Waals surface area contributed by atoms with E-state index in [2.05, 4.69) is 15.3 Å². The lowest BCUT2D eigenvalue weighted by Crippen LogP contribution is -2.06. The minimum Gasteiger partial charge on any atom is -0.478 e. The number of hydrogen-bond donors (Lipinski definition) is 2. The summed E-state index contributed by atoms with van der Waals surface area (Å²) in [5.41, 5.74) is 1.89. The molecule has 0 saturated carbocycles. The van der Waals surface area contributed by atoms with E-state index in [1.807, 2.05) is 55.5 Å². The molecule has 0 aliphatic heterocycles. The highest BCUT2D eigenvalue weighted by Gasteiger charge is 2.17. The quantitative estimate of drug-likeness (QED) is 0.359. The first-order valence-electron chi connectivity index (χ1n) is 9.04. The monoisotopic (exact) mass is 400 g/mol. The van der Waals surface area contributed by atoms with Crippen LogP contribution in [-0.4, -0.2) is 26.0 Å². The van der Waals surface area contributed by atoms with Gasteiger partial charge in [0.15, 0.2) is 0 Å². The molecule has 0 radical (unpaired) electrons. The van der Waals surface area contributed by atoms with E-state index in [1.165, 1.54) is 12.1 Å². The van der Waals surface area contributed by atoms with Gasteiger partial charge in [0.1, 0.15) is 0 Å². The van der Waals surface area contributed by atoms with E-state index in [0.717, 1.165) is 22.4 Å². The van der Waals surface area contributed by atoms with Crippen LogP contribution in [0.2, 0.25) is 0 Å². The molecule has 0 atom stereocenters. The van der Waals surface area contributed by atoms with Crippen LogP contribution < -0.4 is 5.32 Å². The number of aromatic nitrogens is 2. The van der Waals surface area contributed by atoms with Crippen LogP contribution in [0.5, 0.6) is 0 Å². The highest BCUT2D eigenvalue weighted by atomic mass is 16.6. The Morgan fingerprint density at radius 1 is 1.00 bits per heavy atom. The van der Waals surface area contributed by atoms with Gasteiger partial charge >= 0.3 is 5.97 Å². The van der Waals surface area contributed by atoms with Crippen LogP contribution in [0.15, 0.2) is 66.7 Å². The highest BCUT2D eigenvalue weighted by Crippen LogP contribution is 2.27. The van der Waals surface area contributed by atoms with Gasteiger partial charge in [-0.25, -0.2) is 14.8 Å². The SMILES string of the molecule is Cc1cc(-c2ccc3ccccc3c2)nc(Nc2ccc([N+](=O)[O-])cc2C(=O)O)n1. The van der Waals surface area contributed by atoms with E-state index in [9.17, 15) is 20.0 Å². The van der Waals surface area contributed by atoms with Gasteiger partial charge in [-0.1, -0.05) is 36.4 Å². The summed E-state index contributed by atoms with van der Waals surface area (Å²) in [6, 6.07) is 19.4. The fourth-order valence-corrected chi connectivity index (χ4v) is 3.17. The Morgan fingerprint density at radius 2 is 1.77 bits per heavy atom. The topological polar surface area (TPSA) is 118 Å². The number of non-ortho nitro benzene ring substituents is 1. The maximum atomic E-state index is 11.6. The Morgan fingerprint density at radius 3 is 2.50 bits per heavy atom. The van der Waals surface area contributed by atoms with Crippen molar-refractivity contribution >= 4 is 34.1 Å². The van der Waals surface area contributed by atoms with Gasteiger partial charge in [0.2, 0.25) is 5.95 Å². The number of carboxylic acid groups (broad SMARTS) is 1. The van der Waals surface area contributed by atoms with Crippen LogP contribution >= 0.6 is 0 Å². The third-order valence-electron chi connectivity index (χ3n) is 4.59. The molecule has 0 aliphatic rings. The predicted molar refractivity (Wildman–Crippen MR) is 113 cm³/mol. The number of carbonyl (C=O) groups is 1. The molecule has 30 heavy (non-hydrogen) atoms. The molecular formula is C22H16N4O4. The zero-order valence-corrected chi connectivity index (χ0v) is 15.9. The van der Waals surface area contributed by atoms with Gasteiger partial charge in [-0.15, -0.1) is 0 Å². The number of benzene rings is 3. The summed E-state index contributed by atoms with van der Waals surface area (Å²) in [5, 5.41) is 25.5. The number of aromatic carboxylic acids is 1. The van der Waals surface area contributed by atoms with Crippen molar-refractivity contribution in [3.63, 3.8) is 0 Å². The smallest absolute Gasteiger partial charge is 0.338 e. The van der Waals surface area contributed by atoms with E-state index in [1.54, 1.807) is 0 Å². The number of hydrogen-bond acceptors (Lipinski definition) is 6. The molecule has 2 N–H and O–H groups in total. The van der Waals surface area contributed by atoms with Gasteiger partial charge in [0.25, 0.3) is 5.69 Å². The number of nitrogens with one attached hydrogen (secondary N) is 1. The van der Waals surface area contributed by atoms with Crippen molar-refractivity contribution in [3.05, 3.63) is 88.1 Å². The Balaban J connectivity index is 1.73. The van der Waals surface area contributed by atoms with E-state index in [-0.39, 0.29) is 22.9 Å². The Labute approximate surface area is 171 Å². The standard InChI is InChI=1S/C22H16N4O4/c1-13-10-20(16-7-6-14-4-2-3-5-15(14)11-16)25-22(23-13)24-19-9-8-17(26(29)30)12-18(19)21(27)28/h2-12H,1H3,(H,27,28)(H,23,24,25). The number of nitro benzene ring substituents is 1. The largest absolute Gasteiger partial charge is 0.478 e. The second kappa shape index (κ2) is 7.59. The zero-order valence-electron chi connectivity index (χ0n) is 15.9. The average molecular weight is 400 g/mol. The summed E-state index contributed by atoms with van der Waals surface area (Å²) in [4.78, 5) is 30.7. The summed E-state index contributed by atoms with van der Waals surface area (Å²) in [5.74, 6) is -1.09. The molecular weight excluding hydrogens is 384 g/mol. The number of aryl methyl sites for hydroxylation is 1. The van der Waals surface area contributed by atoms with Crippen LogP contribution in [0, 0.1) is 17.0 Å². The van der Waals surface area contributed by atoms with Crippen molar-refractivity contribution in [2.45, 2.75) is 6.92 Å². The second-order valence-electron chi connectivity index (χ2n) is 6.70. The van der Waals surface area contributed by atoms with Gasteiger partial charge in [-0.2, -0.15) is 0 Å². The fourth-order valence-electron chi connectivity index (χ4n) is 3.17. The van der Waals surface area contributed by atoms with Gasteiger partial charge in [0, 0.05) is 23.4 Å². The zero-order chi connectivity index (χ0) is 21.3. The van der Waals surface area contributed by atoms with Crippen LogP contribution in [-0.2, 0) is 0 Å². The molecule has 4 rings (SSSR count). The molecule has 1 aromatic heterocycles. The average Bonchev–Trinajstić information content (AvgIpc) is 2.73. The van der Waals surface area contributed by atoms with Gasteiger partial charge < -0.3 is 10.4 Å². The Bertz CT molecular complexity index is 1300. The second-order valence-corrected chi connectivity index (χ2v) is 6.70. The number of nitrogens with zero attached hydrogens (tertiary/aromatic N) is 3. The van der Waals surface area contributed by atoms with E-state index in [4.69, 9.17) is 0 Å². The van der Waals surface area contributed by atoms with Crippen LogP contribution in [0.25, 0.3) is 22.0 Å². The van der Waals surface area contributed by atoms with Crippen molar-refractivity contribution < 1.29 is 14.8 Å². The Kier molecular flexibility index (Phi) is 4.81. The molecule has 148 valence electrons. The molecule has 0 amide bonds. The van der Waals surface area contributed by atoms with E-state index < -0.39 is 10.9 Å². The first kappa shape index (κ1) is 19.0. The highest BCUT2D eigenvalue weighted by molar-refractivity contribution is 5.95. The number of anilines is 2. The molecule has 0 spiro atoms. The van der Waals surface area contributed by atoms with Crippen molar-refractivity contribution in [1.82, 2.24) is 9.97 Å². The summed E-state index contributed by atoms with van der Waals surface area (Å²) >= 11 is 0. The summed E-state index contributed by atoms with van der Waals surface area (Å²) in [6.45, 7) is 1.81. The minimum atomic E-state index is -1.29. The normalized spacial score (nSPS) is 10.7. The fraction of sp³-hybridized carbons (Fsp3) is 0.0455. The van der Waals surface area contributed by atoms with Gasteiger partial charge in [0.05, 0.1) is 21.9 Å². The molecule has 0 fully saturated rings. The third kappa shape index (κ3) is 3.79. The number of carboxylic acids is 1. The summed E-state index contributed by atoms with van der Waals surface area (Å²) < 4.78 is 0. The lowest BCUT2D eigenvalue weighted by molar-refractivity contribution is -0.384. The van der Waals surface area contributed by atoms with Crippen molar-refractivity contribution in [2.24, 2.45) is 0 Å². The molecule has 1 heterocycles. The minimum absolute atomic E-state index is 0.170. The van der Waals surface area contributed by atoms with E-state index >= 15 is 0 Å². The molecule has 3 aromatic carbocycles. The maximum Gasteiger partial charge on any atom is 0.338 e. The van der Waals surface area contributed by atoms with Crippen molar-refractivity contribution in [2.75, 3.05) is 5.32 Å². The van der Waals surface area contributed by atoms with Crippen LogP contribution in [0.4, 0.5) is 17.3 Å². The first-order chi connectivity index (χ1) is 14.4. The molecule has 8 heteroatoms. The molecule has 8 nitrogen and oxygen atoms in total. The van der Waals surface area contributed by atoms with Crippen LogP contribution in [0.1, 0.15) is 16.1 Å². The summed E-state index contributed by atoms with van der Waals surface area (Å²) in [7, 11) is 0. The van der Waals surface area contributed by atoms with Crippen molar-refractivity contribution in [1.29, 1.82) is 0 Å². The lowest BCUT2D eigenvalue weighted by atomic mass is 10.0. The number of nitro groups is 1. The first-order valence-corrected chi connectivity index (χ1v) is 9.04. The van der Waals surface area contributed by atoms with Crippen molar-refractivity contribution in [3.8, 4) is 11.3 Å². The molecule has 0 aliphatic carbocycles. The molecule has 0 bridgehead atoms. The van der Waals surface area contributed by atoms with Crippen LogP contribution in [0.3, 0.4) is 0 Å². The number of fused-ring (bicyclic) bond motifs is 1. The predicted octanol–water partition coefficient (Wildman–Crippen LogP) is 4.96. The summed E-state index contributed by atoms with van der Waals surface area (Å²) in [6.07, 6.45) is 0. The van der Waals surface area contributed by atoms with Gasteiger partial charge in [-0.05, 0) is 35.9 Å². The lowest BCUT2D eigenvalue weighted by Gasteiger charge is -2.11. The van der Waals surface area contributed by atoms with Gasteiger partial charge in [-0.3, -0.25) is 10.1 Å².